The summed E-state index contributed by atoms with van der Waals surface area (Å²) in [6.07, 6.45) is 2.42. The molecule has 3 aliphatic rings. The summed E-state index contributed by atoms with van der Waals surface area (Å²) >= 11 is 0. The van der Waals surface area contributed by atoms with Crippen LogP contribution in [0.4, 0.5) is 11.8 Å². The third-order valence-corrected chi connectivity index (χ3v) is 6.42. The van der Waals surface area contributed by atoms with Crippen molar-refractivity contribution in [1.82, 2.24) is 20.2 Å². The van der Waals surface area contributed by atoms with Crippen LogP contribution >= 0.6 is 0 Å². The lowest BCUT2D eigenvalue weighted by Gasteiger charge is -2.35. The number of nitrogens with zero attached hydrogens (tertiary/aromatic N) is 5. The molecule has 32 heavy (non-hydrogen) atoms. The van der Waals surface area contributed by atoms with Gasteiger partial charge in [-0.25, -0.2) is 4.98 Å². The Bertz CT molecular complexity index is 906. The number of ether oxygens (including phenoxy) is 1. The second-order valence-electron chi connectivity index (χ2n) is 8.91. The monoisotopic (exact) mass is 436 g/mol. The van der Waals surface area contributed by atoms with E-state index in [9.17, 15) is 4.79 Å². The predicted molar refractivity (Wildman–Crippen MR) is 124 cm³/mol. The minimum atomic E-state index is -0.0993. The summed E-state index contributed by atoms with van der Waals surface area (Å²) in [6.45, 7) is 8.22. The number of carbonyl (C=O) groups excluding carboxylic acids is 1. The normalized spacial score (nSPS) is 19.8. The number of benzene rings is 1. The predicted octanol–water partition coefficient (Wildman–Crippen LogP) is 1.78. The Morgan fingerprint density at radius 2 is 1.72 bits per heavy atom. The number of rotatable bonds is 7. The molecule has 3 heterocycles. The van der Waals surface area contributed by atoms with Gasteiger partial charge in [-0.3, -0.25) is 9.69 Å². The van der Waals surface area contributed by atoms with Gasteiger partial charge >= 0.3 is 0 Å². The second kappa shape index (κ2) is 9.83. The highest BCUT2D eigenvalue weighted by Gasteiger charge is 2.25. The standard InChI is InChI=1S/C24H32N6O2/c31-23(25-17-19-6-7-19)21-16-22(29-12-14-32-15-13-29)27-24(26-21)30-10-8-28(9-11-30)18-20-4-2-1-3-5-20/h1-5,16,19H,6-15,17-18H2,(H,25,31). The quantitative estimate of drug-likeness (QED) is 0.709. The molecule has 170 valence electrons. The van der Waals surface area contributed by atoms with Gasteiger partial charge in [0.15, 0.2) is 0 Å². The number of piperazine rings is 1. The van der Waals surface area contributed by atoms with Crippen LogP contribution in [0.2, 0.25) is 0 Å². The summed E-state index contributed by atoms with van der Waals surface area (Å²) in [7, 11) is 0. The van der Waals surface area contributed by atoms with Crippen LogP contribution in [0.15, 0.2) is 36.4 Å². The molecule has 2 aromatic rings. The minimum Gasteiger partial charge on any atom is -0.378 e. The third kappa shape index (κ3) is 5.37. The van der Waals surface area contributed by atoms with Crippen molar-refractivity contribution in [2.45, 2.75) is 19.4 Å². The number of hydrogen-bond acceptors (Lipinski definition) is 7. The maximum Gasteiger partial charge on any atom is 0.270 e. The van der Waals surface area contributed by atoms with Gasteiger partial charge in [0, 0.05) is 58.4 Å². The van der Waals surface area contributed by atoms with Crippen LogP contribution in [0.25, 0.3) is 0 Å². The molecule has 8 nitrogen and oxygen atoms in total. The Labute approximate surface area is 189 Å². The lowest BCUT2D eigenvalue weighted by Crippen LogP contribution is -2.47. The van der Waals surface area contributed by atoms with Gasteiger partial charge in [-0.05, 0) is 24.3 Å². The molecule has 1 aromatic heterocycles. The van der Waals surface area contributed by atoms with E-state index in [4.69, 9.17) is 9.72 Å². The van der Waals surface area contributed by atoms with E-state index in [0.717, 1.165) is 58.2 Å². The average molecular weight is 437 g/mol. The maximum absolute atomic E-state index is 12.8. The van der Waals surface area contributed by atoms with E-state index >= 15 is 0 Å². The molecular formula is C24H32N6O2. The second-order valence-corrected chi connectivity index (χ2v) is 8.91. The van der Waals surface area contributed by atoms with Gasteiger partial charge in [0.1, 0.15) is 11.5 Å². The van der Waals surface area contributed by atoms with E-state index in [2.05, 4.69) is 55.3 Å². The minimum absolute atomic E-state index is 0.0993. The Hall–Kier alpha value is -2.71. The molecule has 1 aromatic carbocycles. The van der Waals surface area contributed by atoms with Crippen molar-refractivity contribution in [3.63, 3.8) is 0 Å². The van der Waals surface area contributed by atoms with Gasteiger partial charge < -0.3 is 19.9 Å². The number of anilines is 2. The summed E-state index contributed by atoms with van der Waals surface area (Å²) in [6, 6.07) is 12.4. The molecule has 1 saturated carbocycles. The molecule has 3 fully saturated rings. The highest BCUT2D eigenvalue weighted by molar-refractivity contribution is 5.93. The summed E-state index contributed by atoms with van der Waals surface area (Å²) in [5, 5.41) is 3.06. The summed E-state index contributed by atoms with van der Waals surface area (Å²) in [5.41, 5.74) is 1.80. The van der Waals surface area contributed by atoms with Gasteiger partial charge in [-0.1, -0.05) is 30.3 Å². The zero-order chi connectivity index (χ0) is 21.8. The molecule has 0 atom stereocenters. The molecule has 0 spiro atoms. The molecule has 1 N–H and O–H groups in total. The molecule has 1 amide bonds. The van der Waals surface area contributed by atoms with Crippen molar-refractivity contribution < 1.29 is 9.53 Å². The largest absolute Gasteiger partial charge is 0.378 e. The van der Waals surface area contributed by atoms with Crippen molar-refractivity contribution in [3.05, 3.63) is 47.7 Å². The fourth-order valence-corrected chi connectivity index (χ4v) is 4.23. The van der Waals surface area contributed by atoms with Gasteiger partial charge in [-0.15, -0.1) is 0 Å². The Kier molecular flexibility index (Phi) is 6.50. The van der Waals surface area contributed by atoms with Crippen LogP contribution in [0, 0.1) is 5.92 Å². The van der Waals surface area contributed by atoms with Crippen molar-refractivity contribution in [2.24, 2.45) is 5.92 Å². The lowest BCUT2D eigenvalue weighted by atomic mass is 10.2. The average Bonchev–Trinajstić information content (AvgIpc) is 3.69. The fourth-order valence-electron chi connectivity index (χ4n) is 4.23. The van der Waals surface area contributed by atoms with Crippen LogP contribution in [-0.4, -0.2) is 79.8 Å². The molecule has 0 unspecified atom stereocenters. The first kappa shape index (κ1) is 21.2. The van der Waals surface area contributed by atoms with Crippen molar-refractivity contribution in [3.8, 4) is 0 Å². The number of carbonyl (C=O) groups is 1. The van der Waals surface area contributed by atoms with E-state index in [0.29, 0.717) is 30.8 Å². The number of aromatic nitrogens is 2. The smallest absolute Gasteiger partial charge is 0.270 e. The molecular weight excluding hydrogens is 404 g/mol. The summed E-state index contributed by atoms with van der Waals surface area (Å²) in [4.78, 5) is 29.2. The van der Waals surface area contributed by atoms with E-state index in [-0.39, 0.29) is 5.91 Å². The van der Waals surface area contributed by atoms with E-state index < -0.39 is 0 Å². The van der Waals surface area contributed by atoms with Crippen LogP contribution < -0.4 is 15.1 Å². The highest BCUT2D eigenvalue weighted by Crippen LogP contribution is 2.28. The highest BCUT2D eigenvalue weighted by atomic mass is 16.5. The first-order valence-corrected chi connectivity index (χ1v) is 11.8. The number of amides is 1. The maximum atomic E-state index is 12.8. The van der Waals surface area contributed by atoms with Crippen LogP contribution in [0.3, 0.4) is 0 Å². The van der Waals surface area contributed by atoms with E-state index in [1.165, 1.54) is 18.4 Å². The molecule has 2 saturated heterocycles. The van der Waals surface area contributed by atoms with Crippen LogP contribution in [-0.2, 0) is 11.3 Å². The van der Waals surface area contributed by atoms with Gasteiger partial charge in [0.25, 0.3) is 5.91 Å². The fraction of sp³-hybridized carbons (Fsp3) is 0.542. The lowest BCUT2D eigenvalue weighted by molar-refractivity contribution is 0.0946. The molecule has 2 aliphatic heterocycles. The van der Waals surface area contributed by atoms with Gasteiger partial charge in [-0.2, -0.15) is 4.98 Å². The van der Waals surface area contributed by atoms with Gasteiger partial charge in [0.2, 0.25) is 5.95 Å². The molecule has 0 radical (unpaired) electrons. The first-order chi connectivity index (χ1) is 15.7. The van der Waals surface area contributed by atoms with Crippen molar-refractivity contribution in [1.29, 1.82) is 0 Å². The summed E-state index contributed by atoms with van der Waals surface area (Å²) in [5.74, 6) is 2.01. The zero-order valence-corrected chi connectivity index (χ0v) is 18.6. The molecule has 1 aliphatic carbocycles. The van der Waals surface area contributed by atoms with Crippen molar-refractivity contribution >= 4 is 17.7 Å². The van der Waals surface area contributed by atoms with E-state index in [1.807, 2.05) is 6.07 Å². The SMILES string of the molecule is O=C(NCC1CC1)c1cc(N2CCOCC2)nc(N2CCN(Cc3ccccc3)CC2)n1. The van der Waals surface area contributed by atoms with E-state index in [1.54, 1.807) is 0 Å². The molecule has 5 rings (SSSR count). The van der Waals surface area contributed by atoms with Crippen molar-refractivity contribution in [2.75, 3.05) is 68.8 Å². The zero-order valence-electron chi connectivity index (χ0n) is 18.6. The summed E-state index contributed by atoms with van der Waals surface area (Å²) < 4.78 is 5.50. The number of nitrogens with one attached hydrogen (secondary N) is 1. The van der Waals surface area contributed by atoms with Gasteiger partial charge in [0.05, 0.1) is 13.2 Å². The Morgan fingerprint density at radius 1 is 0.969 bits per heavy atom. The number of morpholine rings is 1. The number of hydrogen-bond donors (Lipinski definition) is 1. The first-order valence-electron chi connectivity index (χ1n) is 11.8. The molecule has 0 bridgehead atoms. The third-order valence-electron chi connectivity index (χ3n) is 6.42. The van der Waals surface area contributed by atoms with Crippen LogP contribution in [0.1, 0.15) is 28.9 Å². The Balaban J connectivity index is 1.29. The van der Waals surface area contributed by atoms with Crippen LogP contribution in [0.5, 0.6) is 0 Å². The topological polar surface area (TPSA) is 73.8 Å². The molecule has 8 heteroatoms. The Morgan fingerprint density at radius 3 is 2.44 bits per heavy atom.